The Morgan fingerprint density at radius 3 is 2.92 bits per heavy atom. The van der Waals surface area contributed by atoms with Crippen LogP contribution >= 0.6 is 0 Å². The van der Waals surface area contributed by atoms with Crippen LogP contribution in [0, 0.1) is 0 Å². The molecule has 0 aromatic carbocycles. The van der Waals surface area contributed by atoms with Crippen LogP contribution in [0.25, 0.3) is 0 Å². The van der Waals surface area contributed by atoms with Gasteiger partial charge < -0.3 is 10.2 Å². The largest absolute Gasteiger partial charge is 0.464 e. The summed E-state index contributed by atoms with van der Waals surface area (Å²) in [6.07, 6.45) is -1.20. The Morgan fingerprint density at radius 2 is 2.31 bits per heavy atom. The number of aliphatic hydroxyl groups excluding tert-OH is 1. The smallest absolute Gasteiger partial charge is 0.423 e. The van der Waals surface area contributed by atoms with Gasteiger partial charge in [-0.1, -0.05) is 6.07 Å². The lowest BCUT2D eigenvalue weighted by Crippen LogP contribution is -2.27. The van der Waals surface area contributed by atoms with Crippen molar-refractivity contribution in [3.8, 4) is 0 Å². The Hall–Kier alpha value is -1.82. The fraction of sp³-hybridized carbons (Fsp3) is 0.143. The van der Waals surface area contributed by atoms with Crippen LogP contribution in [-0.2, 0) is 6.61 Å². The lowest BCUT2D eigenvalue weighted by Gasteiger charge is -2.04. The highest BCUT2D eigenvalue weighted by Gasteiger charge is 1.97. The molecule has 0 atom stereocenters. The minimum atomic E-state index is -1.20. The predicted octanol–water partition coefficient (Wildman–Crippen LogP) is 0.168. The molecule has 1 heterocycles. The van der Waals surface area contributed by atoms with Crippen molar-refractivity contribution in [2.75, 3.05) is 5.43 Å². The van der Waals surface area contributed by atoms with Crippen LogP contribution < -0.4 is 10.9 Å². The van der Waals surface area contributed by atoms with E-state index in [9.17, 15) is 4.79 Å². The van der Waals surface area contributed by atoms with E-state index in [1.54, 1.807) is 18.2 Å². The van der Waals surface area contributed by atoms with Crippen molar-refractivity contribution >= 4 is 11.9 Å². The first-order valence-electron chi connectivity index (χ1n) is 3.54. The second-order valence-corrected chi connectivity index (χ2v) is 2.23. The maximum Gasteiger partial charge on any atom is 0.423 e. The Morgan fingerprint density at radius 1 is 1.54 bits per heavy atom. The Bertz CT molecular complexity index is 303. The van der Waals surface area contributed by atoms with E-state index in [0.717, 1.165) is 0 Å². The fourth-order valence-corrected chi connectivity index (χ4v) is 0.755. The second-order valence-electron chi connectivity index (χ2n) is 2.23. The van der Waals surface area contributed by atoms with E-state index in [1.165, 1.54) is 0 Å². The molecule has 6 heteroatoms. The van der Waals surface area contributed by atoms with E-state index in [0.29, 0.717) is 11.5 Å². The molecule has 6 nitrogen and oxygen atoms in total. The zero-order chi connectivity index (χ0) is 9.68. The monoisotopic (exact) mass is 183 g/mol. The van der Waals surface area contributed by atoms with Crippen LogP contribution in [0.2, 0.25) is 0 Å². The summed E-state index contributed by atoms with van der Waals surface area (Å²) in [6.45, 7) is -0.178. The first-order valence-corrected chi connectivity index (χ1v) is 3.54. The topological polar surface area (TPSA) is 94.5 Å². The molecule has 1 rings (SSSR count). The van der Waals surface area contributed by atoms with Gasteiger partial charge in [-0.25, -0.2) is 15.2 Å². The molecule has 0 unspecified atom stereocenters. The molecular weight excluding hydrogens is 174 g/mol. The highest BCUT2D eigenvalue weighted by molar-refractivity contribution is 5.66. The zero-order valence-corrected chi connectivity index (χ0v) is 6.69. The Kier molecular flexibility index (Phi) is 3.04. The molecule has 13 heavy (non-hydrogen) atoms. The standard InChI is InChI=1S/C7H9N3O3/c11-4-5-2-1-3-6(8-5)9-10-7(12)13/h1-3,10-11H,4H2,(H,8,9)(H,12,13). The number of aromatic nitrogens is 1. The molecule has 0 saturated heterocycles. The minimum Gasteiger partial charge on any atom is -0.464 e. The number of anilines is 1. The van der Waals surface area contributed by atoms with Crippen molar-refractivity contribution in [2.45, 2.75) is 6.61 Å². The van der Waals surface area contributed by atoms with E-state index in [2.05, 4.69) is 10.4 Å². The third-order valence-corrected chi connectivity index (χ3v) is 1.27. The molecule has 0 radical (unpaired) electrons. The lowest BCUT2D eigenvalue weighted by atomic mass is 10.3. The van der Waals surface area contributed by atoms with Gasteiger partial charge in [-0.3, -0.25) is 5.43 Å². The molecular formula is C7H9N3O3. The van der Waals surface area contributed by atoms with Crippen LogP contribution in [-0.4, -0.2) is 21.3 Å². The first-order chi connectivity index (χ1) is 6.22. The summed E-state index contributed by atoms with van der Waals surface area (Å²) in [5.74, 6) is 0.342. The van der Waals surface area contributed by atoms with Gasteiger partial charge >= 0.3 is 6.09 Å². The molecule has 0 aliphatic heterocycles. The molecule has 1 amide bonds. The zero-order valence-electron chi connectivity index (χ0n) is 6.69. The van der Waals surface area contributed by atoms with Gasteiger partial charge in [0.1, 0.15) is 5.82 Å². The van der Waals surface area contributed by atoms with Crippen LogP contribution in [0.15, 0.2) is 18.2 Å². The number of amides is 1. The Labute approximate surface area is 74.2 Å². The van der Waals surface area contributed by atoms with E-state index >= 15 is 0 Å². The minimum absolute atomic E-state index is 0.178. The summed E-state index contributed by atoms with van der Waals surface area (Å²) in [4.78, 5) is 14.0. The van der Waals surface area contributed by atoms with Crippen LogP contribution in [0.1, 0.15) is 5.69 Å². The van der Waals surface area contributed by atoms with E-state index in [4.69, 9.17) is 10.2 Å². The number of pyridine rings is 1. The molecule has 0 fully saturated rings. The summed E-state index contributed by atoms with van der Waals surface area (Å²) in [5, 5.41) is 17.0. The van der Waals surface area contributed by atoms with Crippen molar-refractivity contribution in [2.24, 2.45) is 0 Å². The van der Waals surface area contributed by atoms with Crippen molar-refractivity contribution in [3.63, 3.8) is 0 Å². The van der Waals surface area contributed by atoms with Crippen molar-refractivity contribution in [1.82, 2.24) is 10.4 Å². The van der Waals surface area contributed by atoms with Crippen LogP contribution in [0.3, 0.4) is 0 Å². The maximum absolute atomic E-state index is 10.1. The van der Waals surface area contributed by atoms with Gasteiger partial charge in [-0.15, -0.1) is 0 Å². The number of nitrogens with zero attached hydrogens (tertiary/aromatic N) is 1. The number of nitrogens with one attached hydrogen (secondary N) is 2. The average molecular weight is 183 g/mol. The van der Waals surface area contributed by atoms with Gasteiger partial charge in [0, 0.05) is 0 Å². The fourth-order valence-electron chi connectivity index (χ4n) is 0.755. The van der Waals surface area contributed by atoms with E-state index in [1.807, 2.05) is 5.43 Å². The van der Waals surface area contributed by atoms with Crippen molar-refractivity contribution < 1.29 is 15.0 Å². The normalized spacial score (nSPS) is 9.31. The molecule has 0 saturated carbocycles. The maximum atomic E-state index is 10.1. The van der Waals surface area contributed by atoms with Gasteiger partial charge in [0.2, 0.25) is 0 Å². The number of carbonyl (C=O) groups is 1. The van der Waals surface area contributed by atoms with Crippen molar-refractivity contribution in [1.29, 1.82) is 0 Å². The highest BCUT2D eigenvalue weighted by atomic mass is 16.4. The molecule has 0 spiro atoms. The van der Waals surface area contributed by atoms with E-state index < -0.39 is 6.09 Å². The SMILES string of the molecule is O=C(O)NNc1cccc(CO)n1. The summed E-state index contributed by atoms with van der Waals surface area (Å²) in [7, 11) is 0. The van der Waals surface area contributed by atoms with Gasteiger partial charge in [0.25, 0.3) is 0 Å². The molecule has 70 valence electrons. The quantitative estimate of drug-likeness (QED) is 0.501. The molecule has 0 bridgehead atoms. The van der Waals surface area contributed by atoms with Gasteiger partial charge in [0.05, 0.1) is 12.3 Å². The van der Waals surface area contributed by atoms with E-state index in [-0.39, 0.29) is 6.61 Å². The van der Waals surface area contributed by atoms with Gasteiger partial charge in [-0.05, 0) is 12.1 Å². The Balaban J connectivity index is 2.61. The summed E-state index contributed by atoms with van der Waals surface area (Å²) in [5.41, 5.74) is 4.75. The predicted molar refractivity (Wildman–Crippen MR) is 44.9 cm³/mol. The molecule has 1 aromatic heterocycles. The van der Waals surface area contributed by atoms with Crippen molar-refractivity contribution in [3.05, 3.63) is 23.9 Å². The van der Waals surface area contributed by atoms with Crippen LogP contribution in [0.5, 0.6) is 0 Å². The highest BCUT2D eigenvalue weighted by Crippen LogP contribution is 2.02. The first kappa shape index (κ1) is 9.27. The third-order valence-electron chi connectivity index (χ3n) is 1.27. The second kappa shape index (κ2) is 4.27. The summed E-state index contributed by atoms with van der Waals surface area (Å²) in [6, 6.07) is 4.87. The third kappa shape index (κ3) is 2.96. The number of aliphatic hydroxyl groups is 1. The average Bonchev–Trinajstić information content (AvgIpc) is 2.15. The molecule has 0 aliphatic carbocycles. The number of hydrogen-bond acceptors (Lipinski definition) is 4. The molecule has 4 N–H and O–H groups in total. The number of hydrogen-bond donors (Lipinski definition) is 4. The van der Waals surface area contributed by atoms with Gasteiger partial charge in [-0.2, -0.15) is 0 Å². The van der Waals surface area contributed by atoms with Gasteiger partial charge in [0.15, 0.2) is 0 Å². The number of carboxylic acid groups (broad SMARTS) is 1. The molecule has 1 aromatic rings. The molecule has 0 aliphatic rings. The summed E-state index contributed by atoms with van der Waals surface area (Å²) < 4.78 is 0. The lowest BCUT2D eigenvalue weighted by molar-refractivity contribution is 0.197. The number of hydrazine groups is 1. The number of rotatable bonds is 3. The summed E-state index contributed by atoms with van der Waals surface area (Å²) >= 11 is 0. The van der Waals surface area contributed by atoms with Crippen LogP contribution in [0.4, 0.5) is 10.6 Å².